The molecule has 0 amide bonds. The van der Waals surface area contributed by atoms with Crippen molar-refractivity contribution < 1.29 is 14.3 Å². The standard InChI is InChI=1S/C13H18O3/c1-13-7-6-10-8(2-5-12(15)16-10)9(13)3-4-11(13)14/h8-10H,2-7H2,1H3/t8-,9?,10+,13?/m0/s1. The summed E-state index contributed by atoms with van der Waals surface area (Å²) in [7, 11) is 0. The van der Waals surface area contributed by atoms with E-state index in [1.54, 1.807) is 0 Å². The van der Waals surface area contributed by atoms with Crippen LogP contribution in [0, 0.1) is 17.3 Å². The summed E-state index contributed by atoms with van der Waals surface area (Å²) in [5, 5.41) is 0. The number of hydrogen-bond acceptors (Lipinski definition) is 3. The highest BCUT2D eigenvalue weighted by Crippen LogP contribution is 2.55. The van der Waals surface area contributed by atoms with Crippen molar-refractivity contribution in [2.45, 2.75) is 51.6 Å². The minimum atomic E-state index is -0.106. The van der Waals surface area contributed by atoms with Crippen molar-refractivity contribution >= 4 is 11.8 Å². The quantitative estimate of drug-likeness (QED) is 0.589. The van der Waals surface area contributed by atoms with Crippen LogP contribution in [0.2, 0.25) is 0 Å². The maximum absolute atomic E-state index is 12.0. The summed E-state index contributed by atoms with van der Waals surface area (Å²) in [5.74, 6) is 1.30. The molecular formula is C13H18O3. The summed E-state index contributed by atoms with van der Waals surface area (Å²) in [5.41, 5.74) is -0.106. The van der Waals surface area contributed by atoms with Gasteiger partial charge in [-0.1, -0.05) is 6.92 Å². The summed E-state index contributed by atoms with van der Waals surface area (Å²) >= 11 is 0. The molecule has 1 heterocycles. The first-order valence-electron chi connectivity index (χ1n) is 6.34. The van der Waals surface area contributed by atoms with Crippen LogP contribution in [0.4, 0.5) is 0 Å². The summed E-state index contributed by atoms with van der Waals surface area (Å²) in [6.07, 6.45) is 5.11. The van der Waals surface area contributed by atoms with Crippen molar-refractivity contribution in [3.63, 3.8) is 0 Å². The van der Waals surface area contributed by atoms with Crippen LogP contribution >= 0.6 is 0 Å². The van der Waals surface area contributed by atoms with Gasteiger partial charge in [0.15, 0.2) is 0 Å². The van der Waals surface area contributed by atoms with Crippen molar-refractivity contribution in [3.05, 3.63) is 0 Å². The topological polar surface area (TPSA) is 43.4 Å². The van der Waals surface area contributed by atoms with Gasteiger partial charge in [-0.3, -0.25) is 9.59 Å². The van der Waals surface area contributed by atoms with E-state index in [0.717, 1.165) is 32.1 Å². The number of ketones is 1. The minimum Gasteiger partial charge on any atom is -0.462 e. The molecule has 1 saturated heterocycles. The van der Waals surface area contributed by atoms with Gasteiger partial charge in [-0.15, -0.1) is 0 Å². The Morgan fingerprint density at radius 1 is 1.19 bits per heavy atom. The molecule has 16 heavy (non-hydrogen) atoms. The van der Waals surface area contributed by atoms with E-state index >= 15 is 0 Å². The van der Waals surface area contributed by atoms with Crippen LogP contribution < -0.4 is 0 Å². The molecule has 2 unspecified atom stereocenters. The second-order valence-electron chi connectivity index (χ2n) is 5.76. The summed E-state index contributed by atoms with van der Waals surface area (Å²) in [6, 6.07) is 0. The highest BCUT2D eigenvalue weighted by Gasteiger charge is 2.55. The van der Waals surface area contributed by atoms with Crippen LogP contribution in [-0.2, 0) is 14.3 Å². The maximum atomic E-state index is 12.0. The highest BCUT2D eigenvalue weighted by atomic mass is 16.5. The van der Waals surface area contributed by atoms with Gasteiger partial charge < -0.3 is 4.74 Å². The molecule has 0 aromatic carbocycles. The molecule has 2 saturated carbocycles. The monoisotopic (exact) mass is 222 g/mol. The average molecular weight is 222 g/mol. The third kappa shape index (κ3) is 1.26. The van der Waals surface area contributed by atoms with E-state index in [1.807, 2.05) is 0 Å². The molecule has 0 N–H and O–H groups in total. The lowest BCUT2D eigenvalue weighted by atomic mass is 9.61. The molecule has 3 heteroatoms. The maximum Gasteiger partial charge on any atom is 0.306 e. The van der Waals surface area contributed by atoms with Crippen LogP contribution in [0.1, 0.15) is 45.4 Å². The van der Waals surface area contributed by atoms with Crippen LogP contribution in [0.3, 0.4) is 0 Å². The van der Waals surface area contributed by atoms with Crippen LogP contribution in [0.25, 0.3) is 0 Å². The predicted octanol–water partition coefficient (Wildman–Crippen LogP) is 2.09. The molecule has 3 fully saturated rings. The Labute approximate surface area is 95.5 Å². The van der Waals surface area contributed by atoms with Gasteiger partial charge in [-0.05, 0) is 31.6 Å². The van der Waals surface area contributed by atoms with Crippen LogP contribution in [-0.4, -0.2) is 17.9 Å². The van der Waals surface area contributed by atoms with Crippen molar-refractivity contribution in [1.29, 1.82) is 0 Å². The van der Waals surface area contributed by atoms with Crippen LogP contribution in [0.15, 0.2) is 0 Å². The van der Waals surface area contributed by atoms with E-state index in [4.69, 9.17) is 4.74 Å². The van der Waals surface area contributed by atoms with Crippen molar-refractivity contribution in [2.24, 2.45) is 17.3 Å². The second kappa shape index (κ2) is 3.31. The summed E-state index contributed by atoms with van der Waals surface area (Å²) in [4.78, 5) is 23.2. The van der Waals surface area contributed by atoms with Crippen LogP contribution in [0.5, 0.6) is 0 Å². The fourth-order valence-electron chi connectivity index (χ4n) is 4.07. The van der Waals surface area contributed by atoms with Gasteiger partial charge in [-0.2, -0.15) is 0 Å². The lowest BCUT2D eigenvalue weighted by molar-refractivity contribution is -0.168. The molecule has 3 nitrogen and oxygen atoms in total. The van der Waals surface area contributed by atoms with E-state index in [2.05, 4.69) is 6.92 Å². The summed E-state index contributed by atoms with van der Waals surface area (Å²) < 4.78 is 5.43. The van der Waals surface area contributed by atoms with Gasteiger partial charge in [0.05, 0.1) is 0 Å². The largest absolute Gasteiger partial charge is 0.462 e. The third-order valence-corrected chi connectivity index (χ3v) is 5.04. The number of Topliss-reactive ketones (excluding diaryl/α,β-unsaturated/α-hetero) is 1. The first-order chi connectivity index (χ1) is 7.61. The third-order valence-electron chi connectivity index (χ3n) is 5.04. The van der Waals surface area contributed by atoms with Crippen molar-refractivity contribution in [3.8, 4) is 0 Å². The molecule has 3 rings (SSSR count). The van der Waals surface area contributed by atoms with Gasteiger partial charge in [0.2, 0.25) is 0 Å². The number of ether oxygens (including phenoxy) is 1. The number of rotatable bonds is 0. The second-order valence-corrected chi connectivity index (χ2v) is 5.76. The molecule has 2 aliphatic carbocycles. The van der Waals surface area contributed by atoms with Crippen molar-refractivity contribution in [1.82, 2.24) is 0 Å². The normalized spacial score (nSPS) is 47.2. The summed E-state index contributed by atoms with van der Waals surface area (Å²) in [6.45, 7) is 2.12. The molecule has 3 aliphatic rings. The number of esters is 1. The lowest BCUT2D eigenvalue weighted by Gasteiger charge is -2.46. The smallest absolute Gasteiger partial charge is 0.306 e. The van der Waals surface area contributed by atoms with E-state index < -0.39 is 0 Å². The predicted molar refractivity (Wildman–Crippen MR) is 57.7 cm³/mol. The molecule has 0 aromatic rings. The fourth-order valence-corrected chi connectivity index (χ4v) is 4.07. The Bertz CT molecular complexity index is 349. The zero-order chi connectivity index (χ0) is 11.3. The molecular weight excluding hydrogens is 204 g/mol. The van der Waals surface area contributed by atoms with E-state index in [9.17, 15) is 9.59 Å². The lowest BCUT2D eigenvalue weighted by Crippen LogP contribution is -2.47. The van der Waals surface area contributed by atoms with Gasteiger partial charge >= 0.3 is 5.97 Å². The van der Waals surface area contributed by atoms with E-state index in [-0.39, 0.29) is 17.5 Å². The Morgan fingerprint density at radius 3 is 2.81 bits per heavy atom. The minimum absolute atomic E-state index is 0.0471. The highest BCUT2D eigenvalue weighted by molar-refractivity contribution is 5.87. The first-order valence-corrected chi connectivity index (χ1v) is 6.34. The zero-order valence-corrected chi connectivity index (χ0v) is 9.70. The number of carbonyl (C=O) groups excluding carboxylic acids is 2. The number of hydrogen-bond donors (Lipinski definition) is 0. The van der Waals surface area contributed by atoms with E-state index in [0.29, 0.717) is 24.0 Å². The Balaban J connectivity index is 1.87. The van der Waals surface area contributed by atoms with Gasteiger partial charge in [-0.25, -0.2) is 0 Å². The Hall–Kier alpha value is -0.860. The molecule has 1 aliphatic heterocycles. The van der Waals surface area contributed by atoms with Crippen molar-refractivity contribution in [2.75, 3.05) is 0 Å². The molecule has 0 bridgehead atoms. The first kappa shape index (κ1) is 10.3. The zero-order valence-electron chi connectivity index (χ0n) is 9.70. The van der Waals surface area contributed by atoms with Gasteiger partial charge in [0.25, 0.3) is 0 Å². The molecule has 0 radical (unpaired) electrons. The number of fused-ring (bicyclic) bond motifs is 3. The molecule has 4 atom stereocenters. The number of carbonyl (C=O) groups is 2. The molecule has 88 valence electrons. The van der Waals surface area contributed by atoms with E-state index in [1.165, 1.54) is 0 Å². The average Bonchev–Trinajstić information content (AvgIpc) is 2.56. The van der Waals surface area contributed by atoms with Gasteiger partial charge in [0.1, 0.15) is 11.9 Å². The molecule has 0 spiro atoms. The Morgan fingerprint density at radius 2 is 2.00 bits per heavy atom. The Kier molecular flexibility index (Phi) is 2.13. The van der Waals surface area contributed by atoms with Gasteiger partial charge in [0, 0.05) is 24.2 Å². The fraction of sp³-hybridized carbons (Fsp3) is 0.846. The molecule has 0 aromatic heterocycles. The SMILES string of the molecule is CC12CC[C@H]3OC(=O)CC[C@H]3C1CCC2=O.